The molecule has 1 aromatic rings. The molecular formula is C17H25N3. The van der Waals surface area contributed by atoms with Crippen LogP contribution in [0.25, 0.3) is 0 Å². The lowest BCUT2D eigenvalue weighted by molar-refractivity contribution is 0.243. The molecule has 1 N–H and O–H groups in total. The van der Waals surface area contributed by atoms with Crippen LogP contribution in [0.1, 0.15) is 49.3 Å². The first-order valence-electron chi connectivity index (χ1n) is 8.25. The van der Waals surface area contributed by atoms with Crippen LogP contribution >= 0.6 is 0 Å². The number of nitrogens with one attached hydrogen (secondary N) is 1. The minimum atomic E-state index is 0.428. The smallest absolute Gasteiger partial charge is 0.0435 e. The fraction of sp³-hybridized carbons (Fsp3) is 0.706. The van der Waals surface area contributed by atoms with Crippen molar-refractivity contribution in [3.05, 3.63) is 29.6 Å². The second kappa shape index (κ2) is 5.12. The fourth-order valence-electron chi connectivity index (χ4n) is 4.45. The summed E-state index contributed by atoms with van der Waals surface area (Å²) in [7, 11) is 0. The summed E-state index contributed by atoms with van der Waals surface area (Å²) in [5.41, 5.74) is 3.24. The highest BCUT2D eigenvalue weighted by molar-refractivity contribution is 5.28. The quantitative estimate of drug-likeness (QED) is 0.894. The van der Waals surface area contributed by atoms with E-state index in [1.54, 1.807) is 0 Å². The third-order valence-electron chi connectivity index (χ3n) is 5.72. The lowest BCUT2D eigenvalue weighted by atomic mass is 9.75. The molecule has 3 aliphatic heterocycles. The Balaban J connectivity index is 1.55. The molecule has 0 spiro atoms. The van der Waals surface area contributed by atoms with Crippen molar-refractivity contribution < 1.29 is 0 Å². The van der Waals surface area contributed by atoms with Crippen molar-refractivity contribution in [2.45, 2.75) is 43.4 Å². The van der Waals surface area contributed by atoms with Gasteiger partial charge in [0.25, 0.3) is 0 Å². The maximum absolute atomic E-state index is 4.84. The maximum Gasteiger partial charge on any atom is 0.0435 e. The third kappa shape index (κ3) is 2.17. The van der Waals surface area contributed by atoms with Crippen molar-refractivity contribution in [1.82, 2.24) is 15.2 Å². The van der Waals surface area contributed by atoms with Gasteiger partial charge < -0.3 is 10.2 Å². The SMILES string of the molecule is c1cc(C2CCNCC2)ncc1C12CCCN(CC1)C2. The minimum Gasteiger partial charge on any atom is -0.317 e. The zero-order valence-corrected chi connectivity index (χ0v) is 12.3. The number of aromatic nitrogens is 1. The topological polar surface area (TPSA) is 28.2 Å². The molecule has 108 valence electrons. The first-order valence-corrected chi connectivity index (χ1v) is 8.25. The largest absolute Gasteiger partial charge is 0.317 e. The molecule has 20 heavy (non-hydrogen) atoms. The van der Waals surface area contributed by atoms with Crippen LogP contribution in [0.4, 0.5) is 0 Å². The summed E-state index contributed by atoms with van der Waals surface area (Å²) in [6, 6.07) is 4.70. The minimum absolute atomic E-state index is 0.428. The van der Waals surface area contributed by atoms with Gasteiger partial charge in [-0.25, -0.2) is 0 Å². The second-order valence-corrected chi connectivity index (χ2v) is 6.91. The van der Waals surface area contributed by atoms with Crippen molar-refractivity contribution in [3.63, 3.8) is 0 Å². The van der Waals surface area contributed by atoms with Gasteiger partial charge in [-0.3, -0.25) is 4.98 Å². The van der Waals surface area contributed by atoms with Gasteiger partial charge in [-0.05, 0) is 69.9 Å². The third-order valence-corrected chi connectivity index (χ3v) is 5.72. The van der Waals surface area contributed by atoms with Gasteiger partial charge in [0.15, 0.2) is 0 Å². The van der Waals surface area contributed by atoms with Gasteiger partial charge in [-0.2, -0.15) is 0 Å². The van der Waals surface area contributed by atoms with Gasteiger partial charge in [0.2, 0.25) is 0 Å². The highest BCUT2D eigenvalue weighted by Crippen LogP contribution is 2.42. The summed E-state index contributed by atoms with van der Waals surface area (Å²) in [5, 5.41) is 3.43. The van der Waals surface area contributed by atoms with Crippen LogP contribution in [-0.2, 0) is 5.41 Å². The average Bonchev–Trinajstić information content (AvgIpc) is 2.84. The zero-order valence-electron chi connectivity index (χ0n) is 12.3. The molecule has 1 aromatic heterocycles. The van der Waals surface area contributed by atoms with Gasteiger partial charge in [-0.15, -0.1) is 0 Å². The predicted molar refractivity (Wildman–Crippen MR) is 81.1 cm³/mol. The van der Waals surface area contributed by atoms with Gasteiger partial charge >= 0.3 is 0 Å². The van der Waals surface area contributed by atoms with Crippen molar-refractivity contribution >= 4 is 0 Å². The van der Waals surface area contributed by atoms with E-state index in [4.69, 9.17) is 4.98 Å². The van der Waals surface area contributed by atoms with E-state index in [1.807, 2.05) is 0 Å². The normalized spacial score (nSPS) is 34.3. The molecule has 2 bridgehead atoms. The van der Waals surface area contributed by atoms with E-state index in [0.29, 0.717) is 11.3 Å². The molecule has 0 saturated carbocycles. The molecule has 0 aliphatic carbocycles. The number of hydrogen-bond donors (Lipinski definition) is 1. The van der Waals surface area contributed by atoms with E-state index in [0.717, 1.165) is 13.1 Å². The molecule has 0 amide bonds. The summed E-state index contributed by atoms with van der Waals surface area (Å²) in [4.78, 5) is 7.47. The number of hydrogen-bond acceptors (Lipinski definition) is 3. The Morgan fingerprint density at radius 2 is 2.05 bits per heavy atom. The van der Waals surface area contributed by atoms with E-state index >= 15 is 0 Å². The fourth-order valence-corrected chi connectivity index (χ4v) is 4.45. The highest BCUT2D eigenvalue weighted by Gasteiger charge is 2.42. The van der Waals surface area contributed by atoms with E-state index in [9.17, 15) is 0 Å². The van der Waals surface area contributed by atoms with Crippen LogP contribution in [0.15, 0.2) is 18.3 Å². The number of nitrogens with zero attached hydrogens (tertiary/aromatic N) is 2. The molecule has 2 atom stereocenters. The van der Waals surface area contributed by atoms with Crippen molar-refractivity contribution in [2.24, 2.45) is 0 Å². The molecule has 3 aliphatic rings. The lowest BCUT2D eigenvalue weighted by Gasteiger charge is -2.34. The summed E-state index contributed by atoms with van der Waals surface area (Å²) in [5.74, 6) is 0.675. The monoisotopic (exact) mass is 271 g/mol. The van der Waals surface area contributed by atoms with Crippen LogP contribution in [0.5, 0.6) is 0 Å². The first-order chi connectivity index (χ1) is 9.86. The van der Waals surface area contributed by atoms with E-state index in [1.165, 1.54) is 63.0 Å². The van der Waals surface area contributed by atoms with Crippen LogP contribution in [0, 0.1) is 0 Å². The number of piperidine rings is 2. The Hall–Kier alpha value is -0.930. The summed E-state index contributed by atoms with van der Waals surface area (Å²) in [6.45, 7) is 6.15. The molecule has 4 heterocycles. The van der Waals surface area contributed by atoms with Crippen LogP contribution < -0.4 is 5.32 Å². The molecule has 3 heteroatoms. The van der Waals surface area contributed by atoms with E-state index < -0.39 is 0 Å². The molecule has 3 saturated heterocycles. The first kappa shape index (κ1) is 12.8. The van der Waals surface area contributed by atoms with Crippen molar-refractivity contribution in [2.75, 3.05) is 32.7 Å². The van der Waals surface area contributed by atoms with Crippen molar-refractivity contribution in [3.8, 4) is 0 Å². The molecule has 3 fully saturated rings. The second-order valence-electron chi connectivity index (χ2n) is 6.91. The molecule has 2 unspecified atom stereocenters. The average molecular weight is 271 g/mol. The van der Waals surface area contributed by atoms with Crippen molar-refractivity contribution in [1.29, 1.82) is 0 Å². The van der Waals surface area contributed by atoms with Crippen LogP contribution in [-0.4, -0.2) is 42.6 Å². The van der Waals surface area contributed by atoms with E-state index in [2.05, 4.69) is 28.5 Å². The predicted octanol–water partition coefficient (Wildman–Crippen LogP) is 2.29. The number of pyridine rings is 1. The zero-order chi connectivity index (χ0) is 13.4. The Morgan fingerprint density at radius 1 is 1.15 bits per heavy atom. The molecule has 3 nitrogen and oxygen atoms in total. The van der Waals surface area contributed by atoms with Gasteiger partial charge in [0.05, 0.1) is 0 Å². The highest BCUT2D eigenvalue weighted by atomic mass is 15.2. The Labute approximate surface area is 121 Å². The summed E-state index contributed by atoms with van der Waals surface area (Å²) in [6.07, 6.45) is 8.73. The van der Waals surface area contributed by atoms with Crippen LogP contribution in [0.2, 0.25) is 0 Å². The lowest BCUT2D eigenvalue weighted by Crippen LogP contribution is -2.36. The Bertz CT molecular complexity index is 460. The van der Waals surface area contributed by atoms with Gasteiger partial charge in [-0.1, -0.05) is 6.07 Å². The molecule has 0 aromatic carbocycles. The number of rotatable bonds is 2. The van der Waals surface area contributed by atoms with Gasteiger partial charge in [0, 0.05) is 29.8 Å². The Morgan fingerprint density at radius 3 is 2.85 bits per heavy atom. The Kier molecular flexibility index (Phi) is 3.27. The van der Waals surface area contributed by atoms with Crippen LogP contribution in [0.3, 0.4) is 0 Å². The molecule has 4 rings (SSSR count). The summed E-state index contributed by atoms with van der Waals surface area (Å²) < 4.78 is 0. The number of fused-ring (bicyclic) bond motifs is 2. The van der Waals surface area contributed by atoms with E-state index in [-0.39, 0.29) is 0 Å². The maximum atomic E-state index is 4.84. The molecular weight excluding hydrogens is 246 g/mol. The summed E-state index contributed by atoms with van der Waals surface area (Å²) >= 11 is 0. The van der Waals surface area contributed by atoms with Gasteiger partial charge in [0.1, 0.15) is 0 Å². The molecule has 0 radical (unpaired) electrons. The standard InChI is InChI=1S/C17H25N3/c1-6-17(7-11-20(10-1)13-17)15-2-3-16(19-12-15)14-4-8-18-9-5-14/h2-3,12,14,18H,1,4-11,13H2.